The number of β-lactam (4-membered cyclic amide) rings is 1. The molecule has 2 N–H and O–H groups in total. The number of amides is 2. The van der Waals surface area contributed by atoms with Crippen molar-refractivity contribution >= 4 is 11.8 Å². The number of primary amides is 1. The monoisotopic (exact) mass is 345 g/mol. The first-order chi connectivity index (χ1) is 11.9. The Morgan fingerprint density at radius 2 is 2.04 bits per heavy atom. The zero-order valence-corrected chi connectivity index (χ0v) is 15.2. The third-order valence-electron chi connectivity index (χ3n) is 5.29. The van der Waals surface area contributed by atoms with E-state index in [4.69, 9.17) is 10.5 Å². The van der Waals surface area contributed by atoms with Crippen LogP contribution in [0.3, 0.4) is 0 Å². The van der Waals surface area contributed by atoms with Gasteiger partial charge in [-0.25, -0.2) is 0 Å². The van der Waals surface area contributed by atoms with Gasteiger partial charge in [0.1, 0.15) is 11.3 Å². The zero-order valence-electron chi connectivity index (χ0n) is 15.2. The van der Waals surface area contributed by atoms with E-state index in [1.54, 1.807) is 7.11 Å². The molecule has 0 saturated carbocycles. The van der Waals surface area contributed by atoms with Crippen molar-refractivity contribution in [3.63, 3.8) is 0 Å². The second kappa shape index (κ2) is 6.67. The SMILES string of the molecule is COc1ccc(CN2C[C@@]3(C[C@H](C(N)=O)CN3CC(C)C)C2=O)cc1. The van der Waals surface area contributed by atoms with Crippen molar-refractivity contribution in [2.45, 2.75) is 32.4 Å². The molecular formula is C19H27N3O3. The Morgan fingerprint density at radius 1 is 1.36 bits per heavy atom. The molecule has 0 aliphatic carbocycles. The average molecular weight is 345 g/mol. The van der Waals surface area contributed by atoms with Crippen LogP contribution < -0.4 is 10.5 Å². The molecule has 2 aliphatic heterocycles. The predicted molar refractivity (Wildman–Crippen MR) is 94.9 cm³/mol. The normalized spacial score (nSPS) is 26.3. The molecule has 3 rings (SSSR count). The van der Waals surface area contributed by atoms with Gasteiger partial charge in [0.2, 0.25) is 11.8 Å². The number of hydrogen-bond acceptors (Lipinski definition) is 4. The summed E-state index contributed by atoms with van der Waals surface area (Å²) < 4.78 is 5.17. The molecule has 0 aromatic heterocycles. The van der Waals surface area contributed by atoms with Gasteiger partial charge in [-0.05, 0) is 30.0 Å². The summed E-state index contributed by atoms with van der Waals surface area (Å²) in [5, 5.41) is 0. The van der Waals surface area contributed by atoms with Gasteiger partial charge in [0.05, 0.1) is 13.0 Å². The number of rotatable bonds is 6. The molecule has 2 atom stereocenters. The second-order valence-corrected chi connectivity index (χ2v) is 7.64. The third-order valence-corrected chi connectivity index (χ3v) is 5.29. The molecule has 6 nitrogen and oxygen atoms in total. The van der Waals surface area contributed by atoms with E-state index in [2.05, 4.69) is 18.7 Å². The Labute approximate surface area is 148 Å². The number of likely N-dealkylation sites (tertiary alicyclic amines) is 2. The van der Waals surface area contributed by atoms with E-state index in [1.807, 2.05) is 29.2 Å². The van der Waals surface area contributed by atoms with Crippen LogP contribution in [0.2, 0.25) is 0 Å². The molecule has 2 aliphatic rings. The van der Waals surface area contributed by atoms with Gasteiger partial charge < -0.3 is 15.4 Å². The van der Waals surface area contributed by atoms with Crippen molar-refractivity contribution in [1.29, 1.82) is 0 Å². The fourth-order valence-electron chi connectivity index (χ4n) is 4.05. The highest BCUT2D eigenvalue weighted by atomic mass is 16.5. The van der Waals surface area contributed by atoms with Gasteiger partial charge in [0, 0.05) is 26.2 Å². The number of nitrogens with zero attached hydrogens (tertiary/aromatic N) is 2. The summed E-state index contributed by atoms with van der Waals surface area (Å²) in [7, 11) is 1.64. The average Bonchev–Trinajstić information content (AvgIpc) is 2.95. The van der Waals surface area contributed by atoms with Gasteiger partial charge in [-0.15, -0.1) is 0 Å². The lowest BCUT2D eigenvalue weighted by Gasteiger charge is -2.51. The van der Waals surface area contributed by atoms with Crippen LogP contribution >= 0.6 is 0 Å². The number of hydrogen-bond donors (Lipinski definition) is 1. The van der Waals surface area contributed by atoms with Crippen LogP contribution in [0.4, 0.5) is 0 Å². The summed E-state index contributed by atoms with van der Waals surface area (Å²) in [6.45, 7) is 6.91. The molecule has 2 amide bonds. The quantitative estimate of drug-likeness (QED) is 0.787. The van der Waals surface area contributed by atoms with Gasteiger partial charge in [-0.3, -0.25) is 14.5 Å². The van der Waals surface area contributed by atoms with Crippen LogP contribution in [0.1, 0.15) is 25.8 Å². The lowest BCUT2D eigenvalue weighted by molar-refractivity contribution is -0.163. The van der Waals surface area contributed by atoms with Crippen molar-refractivity contribution < 1.29 is 14.3 Å². The Bertz CT molecular complexity index is 658. The maximum Gasteiger partial charge on any atom is 0.245 e. The zero-order chi connectivity index (χ0) is 18.2. The molecule has 2 fully saturated rings. The molecule has 1 spiro atoms. The van der Waals surface area contributed by atoms with E-state index in [-0.39, 0.29) is 17.7 Å². The third kappa shape index (κ3) is 3.23. The minimum absolute atomic E-state index is 0.118. The number of carbonyl (C=O) groups excluding carboxylic acids is 2. The summed E-state index contributed by atoms with van der Waals surface area (Å²) in [4.78, 5) is 28.7. The van der Waals surface area contributed by atoms with Gasteiger partial charge in [-0.1, -0.05) is 26.0 Å². The minimum Gasteiger partial charge on any atom is -0.497 e. The van der Waals surface area contributed by atoms with Gasteiger partial charge in [-0.2, -0.15) is 0 Å². The fourth-order valence-corrected chi connectivity index (χ4v) is 4.05. The Hall–Kier alpha value is -2.08. The Balaban J connectivity index is 1.70. The van der Waals surface area contributed by atoms with Crippen molar-refractivity contribution in [2.24, 2.45) is 17.6 Å². The molecule has 1 aromatic rings. The Kier molecular flexibility index (Phi) is 4.73. The van der Waals surface area contributed by atoms with Crippen LogP contribution in [-0.4, -0.2) is 53.9 Å². The van der Waals surface area contributed by atoms with Gasteiger partial charge in [0.25, 0.3) is 0 Å². The second-order valence-electron chi connectivity index (χ2n) is 7.64. The van der Waals surface area contributed by atoms with E-state index < -0.39 is 5.54 Å². The highest BCUT2D eigenvalue weighted by molar-refractivity contribution is 5.94. The van der Waals surface area contributed by atoms with E-state index in [0.29, 0.717) is 32.0 Å². The summed E-state index contributed by atoms with van der Waals surface area (Å²) in [6, 6.07) is 7.76. The fraction of sp³-hybridized carbons (Fsp3) is 0.579. The largest absolute Gasteiger partial charge is 0.497 e. The van der Waals surface area contributed by atoms with Crippen LogP contribution in [-0.2, 0) is 16.1 Å². The molecule has 25 heavy (non-hydrogen) atoms. The number of methoxy groups -OCH3 is 1. The lowest BCUT2D eigenvalue weighted by Crippen LogP contribution is -2.71. The molecular weight excluding hydrogens is 318 g/mol. The maximum atomic E-state index is 13.0. The molecule has 1 aromatic carbocycles. The van der Waals surface area contributed by atoms with Crippen molar-refractivity contribution in [2.75, 3.05) is 26.7 Å². The standard InChI is InChI=1S/C19H27N3O3/c1-13(2)9-22-11-15(17(20)23)8-19(22)12-21(18(19)24)10-14-4-6-16(25-3)7-5-14/h4-7,13,15H,8-12H2,1-3H3,(H2,20,23)/t15-,19-/m0/s1. The summed E-state index contributed by atoms with van der Waals surface area (Å²) in [6.07, 6.45) is 0.549. The van der Waals surface area contributed by atoms with Gasteiger partial charge in [0.15, 0.2) is 0 Å². The topological polar surface area (TPSA) is 75.9 Å². The molecule has 2 saturated heterocycles. The Morgan fingerprint density at radius 3 is 2.56 bits per heavy atom. The van der Waals surface area contributed by atoms with E-state index in [9.17, 15) is 9.59 Å². The number of carbonyl (C=O) groups is 2. The van der Waals surface area contributed by atoms with Crippen LogP contribution in [0.15, 0.2) is 24.3 Å². The molecule has 136 valence electrons. The van der Waals surface area contributed by atoms with E-state index in [1.165, 1.54) is 0 Å². The van der Waals surface area contributed by atoms with Crippen LogP contribution in [0.5, 0.6) is 5.75 Å². The summed E-state index contributed by atoms with van der Waals surface area (Å²) in [5.74, 6) is 0.830. The summed E-state index contributed by atoms with van der Waals surface area (Å²) >= 11 is 0. The first-order valence-corrected chi connectivity index (χ1v) is 8.82. The maximum absolute atomic E-state index is 13.0. The van der Waals surface area contributed by atoms with Crippen molar-refractivity contribution in [3.05, 3.63) is 29.8 Å². The van der Waals surface area contributed by atoms with E-state index >= 15 is 0 Å². The molecule has 6 heteroatoms. The molecule has 0 unspecified atom stereocenters. The van der Waals surface area contributed by atoms with Crippen molar-refractivity contribution in [1.82, 2.24) is 9.80 Å². The highest BCUT2D eigenvalue weighted by Gasteiger charge is 2.60. The highest BCUT2D eigenvalue weighted by Crippen LogP contribution is 2.42. The van der Waals surface area contributed by atoms with Crippen LogP contribution in [0, 0.1) is 11.8 Å². The number of nitrogens with two attached hydrogens (primary N) is 1. The first kappa shape index (κ1) is 17.7. The molecule has 2 heterocycles. The number of ether oxygens (including phenoxy) is 1. The molecule has 0 bridgehead atoms. The van der Waals surface area contributed by atoms with Crippen LogP contribution in [0.25, 0.3) is 0 Å². The predicted octanol–water partition coefficient (Wildman–Crippen LogP) is 1.24. The lowest BCUT2D eigenvalue weighted by atomic mass is 9.82. The van der Waals surface area contributed by atoms with Crippen molar-refractivity contribution in [3.8, 4) is 5.75 Å². The van der Waals surface area contributed by atoms with Gasteiger partial charge >= 0.3 is 0 Å². The number of benzene rings is 1. The molecule has 0 radical (unpaired) electrons. The minimum atomic E-state index is -0.531. The smallest absolute Gasteiger partial charge is 0.245 e. The van der Waals surface area contributed by atoms with E-state index in [0.717, 1.165) is 17.9 Å². The first-order valence-electron chi connectivity index (χ1n) is 8.82. The summed E-state index contributed by atoms with van der Waals surface area (Å²) in [5.41, 5.74) is 6.06.